The molecule has 0 aliphatic carbocycles. The number of benzene rings is 1. The number of aromatic nitrogens is 2. The smallest absolute Gasteiger partial charge is 0.359 e. The van der Waals surface area contributed by atoms with E-state index in [1.165, 1.54) is 0 Å². The highest BCUT2D eigenvalue weighted by atomic mass is 35.5. The van der Waals surface area contributed by atoms with Crippen LogP contribution in [-0.4, -0.2) is 39.7 Å². The molecule has 2 heterocycles. The lowest BCUT2D eigenvalue weighted by molar-refractivity contribution is -0.136. The molecule has 0 saturated heterocycles. The van der Waals surface area contributed by atoms with Gasteiger partial charge in [0.15, 0.2) is 5.69 Å². The fraction of sp³-hybridized carbons (Fsp3) is 0.476. The summed E-state index contributed by atoms with van der Waals surface area (Å²) < 4.78 is 6.98. The third-order valence-electron chi connectivity index (χ3n) is 5.24. The van der Waals surface area contributed by atoms with Crippen LogP contribution in [0.5, 0.6) is 0 Å². The Labute approximate surface area is 170 Å². The maximum Gasteiger partial charge on any atom is 0.359 e. The number of fused-ring (bicyclic) bond motifs is 1. The number of nitrogens with zero attached hydrogens (tertiary/aromatic N) is 3. The van der Waals surface area contributed by atoms with Gasteiger partial charge in [0.05, 0.1) is 18.0 Å². The third-order valence-corrected chi connectivity index (χ3v) is 5.50. The van der Waals surface area contributed by atoms with Crippen LogP contribution < -0.4 is 0 Å². The van der Waals surface area contributed by atoms with Crippen molar-refractivity contribution in [3.63, 3.8) is 0 Å². The van der Waals surface area contributed by atoms with Crippen LogP contribution in [0, 0.1) is 5.92 Å². The first kappa shape index (κ1) is 20.4. The Balaban J connectivity index is 2.00. The zero-order chi connectivity index (χ0) is 20.3. The lowest BCUT2D eigenvalue weighted by atomic mass is 9.98. The number of amides is 1. The molecule has 28 heavy (non-hydrogen) atoms. The van der Waals surface area contributed by atoms with Gasteiger partial charge in [-0.3, -0.25) is 4.79 Å². The predicted molar refractivity (Wildman–Crippen MR) is 108 cm³/mol. The summed E-state index contributed by atoms with van der Waals surface area (Å²) in [5, 5.41) is 5.19. The Hall–Kier alpha value is -2.34. The molecule has 1 aliphatic rings. The SMILES string of the molecule is CCOC(=O)c1nn(-c2ccc(Cl)cc2)c2c1CN(C(=O)C(CC)CC)CC2. The number of hydrogen-bond acceptors (Lipinski definition) is 4. The maximum atomic E-state index is 12.9. The molecule has 0 unspecified atom stereocenters. The van der Waals surface area contributed by atoms with Crippen LogP contribution in [-0.2, 0) is 22.5 Å². The zero-order valence-electron chi connectivity index (χ0n) is 16.6. The first-order valence-electron chi connectivity index (χ1n) is 9.82. The summed E-state index contributed by atoms with van der Waals surface area (Å²) in [6.07, 6.45) is 2.26. The molecule has 0 fully saturated rings. The highest BCUT2D eigenvalue weighted by Gasteiger charge is 2.32. The Kier molecular flexibility index (Phi) is 6.39. The van der Waals surface area contributed by atoms with Crippen molar-refractivity contribution in [2.75, 3.05) is 13.2 Å². The topological polar surface area (TPSA) is 64.4 Å². The molecule has 0 N–H and O–H groups in total. The summed E-state index contributed by atoms with van der Waals surface area (Å²) in [5.74, 6) is -0.299. The van der Waals surface area contributed by atoms with Crippen LogP contribution in [0.1, 0.15) is 55.4 Å². The van der Waals surface area contributed by atoms with E-state index in [4.69, 9.17) is 16.3 Å². The fourth-order valence-electron chi connectivity index (χ4n) is 3.66. The fourth-order valence-corrected chi connectivity index (χ4v) is 3.79. The van der Waals surface area contributed by atoms with Crippen LogP contribution in [0.25, 0.3) is 5.69 Å². The van der Waals surface area contributed by atoms with Crippen molar-refractivity contribution in [3.05, 3.63) is 46.2 Å². The van der Waals surface area contributed by atoms with Gasteiger partial charge in [-0.1, -0.05) is 25.4 Å². The summed E-state index contributed by atoms with van der Waals surface area (Å²) in [7, 11) is 0. The van der Waals surface area contributed by atoms with Gasteiger partial charge in [0.1, 0.15) is 0 Å². The minimum atomic E-state index is -0.455. The molecule has 0 spiro atoms. The summed E-state index contributed by atoms with van der Waals surface area (Å²) in [6, 6.07) is 7.32. The van der Waals surface area contributed by atoms with E-state index in [0.717, 1.165) is 29.8 Å². The molecule has 0 radical (unpaired) electrons. The van der Waals surface area contributed by atoms with Gasteiger partial charge < -0.3 is 9.64 Å². The normalized spacial score (nSPS) is 13.5. The number of hydrogen-bond donors (Lipinski definition) is 0. The third kappa shape index (κ3) is 3.92. The van der Waals surface area contributed by atoms with Crippen molar-refractivity contribution in [1.82, 2.24) is 14.7 Å². The van der Waals surface area contributed by atoms with E-state index in [1.54, 1.807) is 23.7 Å². The molecule has 0 saturated carbocycles. The van der Waals surface area contributed by atoms with Gasteiger partial charge in [0, 0.05) is 36.0 Å². The van der Waals surface area contributed by atoms with Gasteiger partial charge in [0.25, 0.3) is 0 Å². The van der Waals surface area contributed by atoms with Crippen LogP contribution in [0.15, 0.2) is 24.3 Å². The summed E-state index contributed by atoms with van der Waals surface area (Å²) in [4.78, 5) is 27.2. The van der Waals surface area contributed by atoms with E-state index in [-0.39, 0.29) is 24.1 Å². The van der Waals surface area contributed by atoms with Gasteiger partial charge in [-0.2, -0.15) is 5.10 Å². The molecule has 1 aromatic heterocycles. The van der Waals surface area contributed by atoms with E-state index in [0.29, 0.717) is 24.5 Å². The quantitative estimate of drug-likeness (QED) is 0.683. The van der Waals surface area contributed by atoms with Gasteiger partial charge in [-0.15, -0.1) is 0 Å². The number of carbonyl (C=O) groups excluding carboxylic acids is 2. The van der Waals surface area contributed by atoms with Crippen molar-refractivity contribution in [2.24, 2.45) is 5.92 Å². The molecule has 7 heteroatoms. The van der Waals surface area contributed by atoms with E-state index in [9.17, 15) is 9.59 Å². The van der Waals surface area contributed by atoms with E-state index < -0.39 is 5.97 Å². The van der Waals surface area contributed by atoms with Crippen LogP contribution >= 0.6 is 11.6 Å². The number of esters is 1. The predicted octanol–water partition coefficient (Wildman–Crippen LogP) is 4.02. The molecule has 1 amide bonds. The highest BCUT2D eigenvalue weighted by molar-refractivity contribution is 6.30. The average Bonchev–Trinajstić information content (AvgIpc) is 3.08. The van der Waals surface area contributed by atoms with E-state index in [2.05, 4.69) is 5.10 Å². The Morgan fingerprint density at radius 3 is 2.46 bits per heavy atom. The second-order valence-electron chi connectivity index (χ2n) is 6.91. The maximum absolute atomic E-state index is 12.9. The van der Waals surface area contributed by atoms with Crippen LogP contribution in [0.4, 0.5) is 0 Å². The average molecular weight is 404 g/mol. The first-order valence-corrected chi connectivity index (χ1v) is 10.2. The minimum absolute atomic E-state index is 0.0129. The molecular formula is C21H26ClN3O3. The largest absolute Gasteiger partial charge is 0.461 e. The molecule has 2 aromatic rings. The number of rotatable bonds is 6. The highest BCUT2D eigenvalue weighted by Crippen LogP contribution is 2.28. The molecule has 6 nitrogen and oxygen atoms in total. The number of halogens is 1. The second kappa shape index (κ2) is 8.78. The van der Waals surface area contributed by atoms with Gasteiger partial charge in [-0.25, -0.2) is 9.48 Å². The van der Waals surface area contributed by atoms with Crippen molar-refractivity contribution in [3.8, 4) is 5.69 Å². The number of carbonyl (C=O) groups is 2. The van der Waals surface area contributed by atoms with Crippen molar-refractivity contribution in [2.45, 2.75) is 46.6 Å². The van der Waals surface area contributed by atoms with E-state index in [1.807, 2.05) is 30.9 Å². The monoisotopic (exact) mass is 403 g/mol. The van der Waals surface area contributed by atoms with Gasteiger partial charge in [-0.05, 0) is 44.0 Å². The lowest BCUT2D eigenvalue weighted by Crippen LogP contribution is -2.40. The van der Waals surface area contributed by atoms with Crippen LogP contribution in [0.3, 0.4) is 0 Å². The standard InChI is InChI=1S/C21H26ClN3O3/c1-4-14(5-2)20(26)24-12-11-18-17(13-24)19(21(27)28-6-3)23-25(18)16-9-7-15(22)8-10-16/h7-10,14H,4-6,11-13H2,1-3H3. The molecular weight excluding hydrogens is 378 g/mol. The molecule has 3 rings (SSSR count). The lowest BCUT2D eigenvalue weighted by Gasteiger charge is -2.30. The van der Waals surface area contributed by atoms with Gasteiger partial charge in [0.2, 0.25) is 5.91 Å². The van der Waals surface area contributed by atoms with Crippen molar-refractivity contribution in [1.29, 1.82) is 0 Å². The Morgan fingerprint density at radius 2 is 1.86 bits per heavy atom. The molecule has 1 aromatic carbocycles. The minimum Gasteiger partial charge on any atom is -0.461 e. The molecule has 0 atom stereocenters. The molecule has 150 valence electrons. The molecule has 1 aliphatic heterocycles. The van der Waals surface area contributed by atoms with Crippen molar-refractivity contribution >= 4 is 23.5 Å². The Morgan fingerprint density at radius 1 is 1.18 bits per heavy atom. The summed E-state index contributed by atoms with van der Waals surface area (Å²) in [5.41, 5.74) is 2.84. The summed E-state index contributed by atoms with van der Waals surface area (Å²) in [6.45, 7) is 7.10. The first-order chi connectivity index (χ1) is 13.5. The number of ether oxygens (including phenoxy) is 1. The van der Waals surface area contributed by atoms with Crippen LogP contribution in [0.2, 0.25) is 5.02 Å². The second-order valence-corrected chi connectivity index (χ2v) is 7.34. The zero-order valence-corrected chi connectivity index (χ0v) is 17.3. The van der Waals surface area contributed by atoms with E-state index >= 15 is 0 Å². The van der Waals surface area contributed by atoms with Gasteiger partial charge >= 0.3 is 5.97 Å². The van der Waals surface area contributed by atoms with Crippen molar-refractivity contribution < 1.29 is 14.3 Å². The summed E-state index contributed by atoms with van der Waals surface area (Å²) >= 11 is 6.00. The molecule has 0 bridgehead atoms. The Bertz CT molecular complexity index is 857.